The van der Waals surface area contributed by atoms with Gasteiger partial charge in [0.1, 0.15) is 10.3 Å². The summed E-state index contributed by atoms with van der Waals surface area (Å²) < 4.78 is 0. The second-order valence-electron chi connectivity index (χ2n) is 4.03. The molecule has 5 heteroatoms. The maximum Gasteiger partial charge on any atom is 0.135 e. The van der Waals surface area contributed by atoms with Crippen LogP contribution in [0.5, 0.6) is 0 Å². The number of aliphatic hydroxyl groups is 1. The lowest BCUT2D eigenvalue weighted by Gasteiger charge is -2.22. The van der Waals surface area contributed by atoms with E-state index >= 15 is 0 Å². The van der Waals surface area contributed by atoms with Crippen molar-refractivity contribution < 1.29 is 5.11 Å². The number of hydrogen-bond donors (Lipinski definition) is 1. The fourth-order valence-corrected chi connectivity index (χ4v) is 2.49. The normalized spacial score (nSPS) is 21.6. The number of aliphatic hydroxyl groups excluding tert-OH is 1. The van der Waals surface area contributed by atoms with E-state index in [0.717, 1.165) is 31.5 Å². The summed E-state index contributed by atoms with van der Waals surface area (Å²) in [6, 6.07) is 3.89. The van der Waals surface area contributed by atoms with Crippen LogP contribution < -0.4 is 0 Å². The molecule has 0 aliphatic carbocycles. The Labute approximate surface area is 105 Å². The van der Waals surface area contributed by atoms with Gasteiger partial charge < -0.3 is 5.11 Å². The first-order chi connectivity index (χ1) is 7.70. The van der Waals surface area contributed by atoms with Gasteiger partial charge in [0, 0.05) is 18.2 Å². The number of halogens is 2. The Bertz CT molecular complexity index is 373. The average Bonchev–Trinajstić information content (AvgIpc) is 2.69. The van der Waals surface area contributed by atoms with Crippen molar-refractivity contribution in [3.8, 4) is 0 Å². The SMILES string of the molecule is OCC1CCCN1Cc1ccc(Cl)nc1Cl. The Morgan fingerprint density at radius 2 is 2.25 bits per heavy atom. The van der Waals surface area contributed by atoms with Gasteiger partial charge in [-0.3, -0.25) is 4.90 Å². The van der Waals surface area contributed by atoms with Gasteiger partial charge in [-0.1, -0.05) is 29.3 Å². The molecule has 1 saturated heterocycles. The van der Waals surface area contributed by atoms with Gasteiger partial charge in [-0.2, -0.15) is 0 Å². The molecule has 1 N–H and O–H groups in total. The Morgan fingerprint density at radius 3 is 2.94 bits per heavy atom. The monoisotopic (exact) mass is 260 g/mol. The van der Waals surface area contributed by atoms with E-state index in [1.807, 2.05) is 6.07 Å². The molecule has 1 aliphatic rings. The summed E-state index contributed by atoms with van der Waals surface area (Å²) in [5.74, 6) is 0. The van der Waals surface area contributed by atoms with Gasteiger partial charge in [0.25, 0.3) is 0 Å². The molecule has 1 atom stereocenters. The molecule has 0 radical (unpaired) electrons. The first-order valence-corrected chi connectivity index (χ1v) is 6.12. The zero-order chi connectivity index (χ0) is 11.5. The minimum Gasteiger partial charge on any atom is -0.395 e. The van der Waals surface area contributed by atoms with Crippen LogP contribution in [0.4, 0.5) is 0 Å². The third-order valence-electron chi connectivity index (χ3n) is 2.98. The highest BCUT2D eigenvalue weighted by molar-refractivity contribution is 6.32. The lowest BCUT2D eigenvalue weighted by molar-refractivity contribution is 0.153. The van der Waals surface area contributed by atoms with E-state index in [2.05, 4.69) is 9.88 Å². The highest BCUT2D eigenvalue weighted by Gasteiger charge is 2.24. The number of aromatic nitrogens is 1. The van der Waals surface area contributed by atoms with E-state index in [9.17, 15) is 5.11 Å². The first kappa shape index (κ1) is 12.1. The number of nitrogens with zero attached hydrogens (tertiary/aromatic N) is 2. The van der Waals surface area contributed by atoms with Crippen molar-refractivity contribution in [2.45, 2.75) is 25.4 Å². The summed E-state index contributed by atoms with van der Waals surface area (Å²) in [7, 11) is 0. The molecule has 16 heavy (non-hydrogen) atoms. The van der Waals surface area contributed by atoms with Crippen molar-refractivity contribution in [3.05, 3.63) is 28.0 Å². The van der Waals surface area contributed by atoms with Crippen LogP contribution in [-0.4, -0.2) is 34.2 Å². The number of likely N-dealkylation sites (tertiary alicyclic amines) is 1. The van der Waals surface area contributed by atoms with Crippen molar-refractivity contribution in [1.82, 2.24) is 9.88 Å². The standard InChI is InChI=1S/C11H14Cl2N2O/c12-10-4-3-8(11(13)14-10)6-15-5-1-2-9(15)7-16/h3-4,9,16H,1-2,5-7H2. The third-order valence-corrected chi connectivity index (χ3v) is 3.51. The number of rotatable bonds is 3. The molecule has 0 spiro atoms. The summed E-state index contributed by atoms with van der Waals surface area (Å²) in [6.45, 7) is 1.94. The molecule has 2 rings (SSSR count). The minimum absolute atomic E-state index is 0.207. The molecule has 0 saturated carbocycles. The lowest BCUT2D eigenvalue weighted by atomic mass is 10.2. The second kappa shape index (κ2) is 5.32. The van der Waals surface area contributed by atoms with Crippen molar-refractivity contribution in [2.24, 2.45) is 0 Å². The topological polar surface area (TPSA) is 36.4 Å². The molecule has 88 valence electrons. The van der Waals surface area contributed by atoms with Crippen LogP contribution in [0.25, 0.3) is 0 Å². The van der Waals surface area contributed by atoms with E-state index in [-0.39, 0.29) is 12.6 Å². The van der Waals surface area contributed by atoms with Crippen molar-refractivity contribution in [3.63, 3.8) is 0 Å². The van der Waals surface area contributed by atoms with Gasteiger partial charge in [-0.05, 0) is 25.5 Å². The van der Waals surface area contributed by atoms with Crippen molar-refractivity contribution in [2.75, 3.05) is 13.2 Å². The first-order valence-electron chi connectivity index (χ1n) is 5.36. The molecule has 1 unspecified atom stereocenters. The maximum atomic E-state index is 9.22. The smallest absolute Gasteiger partial charge is 0.135 e. The van der Waals surface area contributed by atoms with Crippen LogP contribution in [0.15, 0.2) is 12.1 Å². The number of pyridine rings is 1. The lowest BCUT2D eigenvalue weighted by Crippen LogP contribution is -2.31. The fraction of sp³-hybridized carbons (Fsp3) is 0.545. The summed E-state index contributed by atoms with van der Waals surface area (Å²) in [6.07, 6.45) is 2.18. The summed E-state index contributed by atoms with van der Waals surface area (Å²) in [4.78, 5) is 6.24. The van der Waals surface area contributed by atoms with Crippen LogP contribution >= 0.6 is 23.2 Å². The molecule has 0 bridgehead atoms. The van der Waals surface area contributed by atoms with Gasteiger partial charge in [-0.25, -0.2) is 4.98 Å². The minimum atomic E-state index is 0.207. The highest BCUT2D eigenvalue weighted by Crippen LogP contribution is 2.23. The van der Waals surface area contributed by atoms with Crippen molar-refractivity contribution in [1.29, 1.82) is 0 Å². The zero-order valence-electron chi connectivity index (χ0n) is 8.87. The molecule has 0 amide bonds. The summed E-state index contributed by atoms with van der Waals surface area (Å²) in [5.41, 5.74) is 0.964. The molecule has 1 aromatic rings. The number of hydrogen-bond acceptors (Lipinski definition) is 3. The molecular formula is C11H14Cl2N2O. The van der Waals surface area contributed by atoms with E-state index in [4.69, 9.17) is 23.2 Å². The molecule has 3 nitrogen and oxygen atoms in total. The summed E-state index contributed by atoms with van der Waals surface area (Å²) in [5, 5.41) is 10.1. The maximum absolute atomic E-state index is 9.22. The predicted molar refractivity (Wildman–Crippen MR) is 64.8 cm³/mol. The molecule has 1 aliphatic heterocycles. The van der Waals surface area contributed by atoms with Crippen molar-refractivity contribution >= 4 is 23.2 Å². The highest BCUT2D eigenvalue weighted by atomic mass is 35.5. The van der Waals surface area contributed by atoms with Gasteiger partial charge in [-0.15, -0.1) is 0 Å². The Morgan fingerprint density at radius 1 is 1.44 bits per heavy atom. The van der Waals surface area contributed by atoms with Crippen LogP contribution in [0, 0.1) is 0 Å². The van der Waals surface area contributed by atoms with Crippen LogP contribution in [0.1, 0.15) is 18.4 Å². The largest absolute Gasteiger partial charge is 0.395 e. The van der Waals surface area contributed by atoms with Crippen LogP contribution in [0.3, 0.4) is 0 Å². The van der Waals surface area contributed by atoms with Crippen LogP contribution in [0.2, 0.25) is 10.3 Å². The third kappa shape index (κ3) is 2.66. The Hall–Kier alpha value is -0.350. The molecule has 0 aromatic carbocycles. The molecule has 1 aromatic heterocycles. The molecular weight excluding hydrogens is 247 g/mol. The van der Waals surface area contributed by atoms with Gasteiger partial charge in [0.15, 0.2) is 0 Å². The quantitative estimate of drug-likeness (QED) is 0.848. The van der Waals surface area contributed by atoms with Gasteiger partial charge in [0.2, 0.25) is 0 Å². The van der Waals surface area contributed by atoms with E-state index in [0.29, 0.717) is 10.3 Å². The fourth-order valence-electron chi connectivity index (χ4n) is 2.09. The van der Waals surface area contributed by atoms with Gasteiger partial charge in [0.05, 0.1) is 6.61 Å². The second-order valence-corrected chi connectivity index (χ2v) is 4.78. The summed E-state index contributed by atoms with van der Waals surface area (Å²) >= 11 is 11.8. The molecule has 1 fully saturated rings. The van der Waals surface area contributed by atoms with Gasteiger partial charge >= 0.3 is 0 Å². The van der Waals surface area contributed by atoms with E-state index in [1.54, 1.807) is 6.07 Å². The predicted octanol–water partition coefficient (Wildman–Crippen LogP) is 2.35. The average molecular weight is 261 g/mol. The molecule has 2 heterocycles. The van der Waals surface area contributed by atoms with E-state index < -0.39 is 0 Å². The van der Waals surface area contributed by atoms with E-state index in [1.165, 1.54) is 0 Å². The Balaban J connectivity index is 2.08. The Kier molecular flexibility index (Phi) is 4.03. The van der Waals surface area contributed by atoms with Crippen LogP contribution in [-0.2, 0) is 6.54 Å². The zero-order valence-corrected chi connectivity index (χ0v) is 10.4.